The van der Waals surface area contributed by atoms with Gasteiger partial charge in [0.15, 0.2) is 23.5 Å². The van der Waals surface area contributed by atoms with Gasteiger partial charge in [-0.3, -0.25) is 19.1 Å². The second kappa shape index (κ2) is 9.34. The average Bonchev–Trinajstić information content (AvgIpc) is 3.44. The van der Waals surface area contributed by atoms with E-state index in [2.05, 4.69) is 15.0 Å². The quantitative estimate of drug-likeness (QED) is 0.218. The number of fused-ring (bicyclic) bond motifs is 1. The molecule has 36 heavy (non-hydrogen) atoms. The van der Waals surface area contributed by atoms with Crippen LogP contribution in [0, 0.1) is 0 Å². The van der Waals surface area contributed by atoms with Gasteiger partial charge in [0.25, 0.3) is 5.56 Å². The van der Waals surface area contributed by atoms with Crippen molar-refractivity contribution in [1.29, 1.82) is 0 Å². The first-order valence-electron chi connectivity index (χ1n) is 10.9. The minimum atomic E-state index is -1.65. The number of hydrogen-bond acceptors (Lipinski definition) is 10. The molecule has 1 unspecified atom stereocenters. The minimum absolute atomic E-state index is 0.000339. The van der Waals surface area contributed by atoms with Crippen molar-refractivity contribution in [2.24, 2.45) is 0 Å². The maximum Gasteiger partial charge on any atom is 0.338 e. The Hall–Kier alpha value is -4.39. The van der Waals surface area contributed by atoms with E-state index < -0.39 is 48.0 Å². The van der Waals surface area contributed by atoms with Crippen LogP contribution in [0.3, 0.4) is 0 Å². The van der Waals surface area contributed by atoms with Gasteiger partial charge in [0, 0.05) is 5.56 Å². The van der Waals surface area contributed by atoms with Gasteiger partial charge in [0.05, 0.1) is 11.9 Å². The van der Waals surface area contributed by atoms with E-state index in [1.807, 2.05) is 0 Å². The summed E-state index contributed by atoms with van der Waals surface area (Å²) >= 11 is 0. The number of rotatable bonds is 6. The topological polar surface area (TPSA) is 183 Å². The molecule has 0 aliphatic carbocycles. The molecule has 0 saturated carbocycles. The number of esters is 1. The Kier molecular flexibility index (Phi) is 6.06. The smallest absolute Gasteiger partial charge is 0.338 e. The molecule has 5 atom stereocenters. The molecule has 1 fully saturated rings. The highest BCUT2D eigenvalue weighted by Crippen LogP contribution is 2.34. The standard InChI is InChI=1S/C24H21N5O7/c25-24-27-20-14(21(33)28-24)26-11-29(20)22-17(32)16(31)19(35-22)18(15(30)12-7-3-1-4-8-12)36-23(34)13-9-5-2-6-10-13/h1-11,16-19,22,31-32H,(H3,25,27,28,33)/t16-,17+,18?,19-,22+/m0/s1. The number of carbonyl (C=O) groups is 2. The Bertz CT molecular complexity index is 1470. The molecule has 184 valence electrons. The minimum Gasteiger partial charge on any atom is -0.447 e. The molecule has 1 saturated heterocycles. The summed E-state index contributed by atoms with van der Waals surface area (Å²) < 4.78 is 12.7. The maximum atomic E-state index is 13.4. The van der Waals surface area contributed by atoms with Crippen LogP contribution < -0.4 is 11.3 Å². The molecule has 3 heterocycles. The average molecular weight is 491 g/mol. The molecule has 2 aromatic carbocycles. The van der Waals surface area contributed by atoms with Crippen molar-refractivity contribution >= 4 is 28.9 Å². The van der Waals surface area contributed by atoms with Gasteiger partial charge < -0.3 is 25.4 Å². The monoisotopic (exact) mass is 491 g/mol. The van der Waals surface area contributed by atoms with E-state index in [0.29, 0.717) is 0 Å². The van der Waals surface area contributed by atoms with Gasteiger partial charge in [0.2, 0.25) is 11.7 Å². The largest absolute Gasteiger partial charge is 0.447 e. The zero-order chi connectivity index (χ0) is 25.4. The Morgan fingerprint density at radius 2 is 1.67 bits per heavy atom. The third-order valence-electron chi connectivity index (χ3n) is 5.86. The van der Waals surface area contributed by atoms with E-state index >= 15 is 0 Å². The molecule has 1 aliphatic rings. The van der Waals surface area contributed by atoms with Gasteiger partial charge in [-0.25, -0.2) is 9.78 Å². The van der Waals surface area contributed by atoms with Crippen molar-refractivity contribution in [3.05, 3.63) is 88.5 Å². The number of aliphatic hydroxyl groups is 2. The molecule has 0 amide bonds. The first-order valence-corrected chi connectivity index (χ1v) is 10.9. The molecule has 1 aliphatic heterocycles. The molecule has 4 aromatic rings. The van der Waals surface area contributed by atoms with E-state index in [4.69, 9.17) is 15.2 Å². The van der Waals surface area contributed by atoms with Crippen LogP contribution in [0.2, 0.25) is 0 Å². The first kappa shape index (κ1) is 23.4. The number of anilines is 1. The van der Waals surface area contributed by atoms with Crippen molar-refractivity contribution in [2.75, 3.05) is 5.73 Å². The van der Waals surface area contributed by atoms with E-state index in [1.54, 1.807) is 36.4 Å². The number of nitrogens with zero attached hydrogens (tertiary/aromatic N) is 3. The SMILES string of the molecule is Nc1nc2c(ncn2[C@@H]2O[C@H](C(OC(=O)c3ccccc3)C(=O)c3ccccc3)[C@@H](O)[C@H]2O)c(=O)[nH]1. The van der Waals surface area contributed by atoms with E-state index in [9.17, 15) is 24.6 Å². The Morgan fingerprint density at radius 3 is 2.33 bits per heavy atom. The van der Waals surface area contributed by atoms with Crippen LogP contribution >= 0.6 is 0 Å². The predicted molar refractivity (Wildman–Crippen MR) is 125 cm³/mol. The van der Waals surface area contributed by atoms with Gasteiger partial charge in [-0.1, -0.05) is 48.5 Å². The summed E-state index contributed by atoms with van der Waals surface area (Å²) in [7, 11) is 0. The molecule has 5 N–H and O–H groups in total. The number of nitrogen functional groups attached to an aromatic ring is 1. The molecule has 5 rings (SSSR count). The number of ether oxygens (including phenoxy) is 2. The number of hydrogen-bond donors (Lipinski definition) is 4. The highest BCUT2D eigenvalue weighted by molar-refractivity contribution is 6.02. The van der Waals surface area contributed by atoms with E-state index in [0.717, 1.165) is 0 Å². The number of ketones is 1. The molecule has 0 bridgehead atoms. The summed E-state index contributed by atoms with van der Waals surface area (Å²) in [6.45, 7) is 0. The fraction of sp³-hybridized carbons (Fsp3) is 0.208. The second-order valence-electron chi connectivity index (χ2n) is 8.17. The lowest BCUT2D eigenvalue weighted by Gasteiger charge is -2.25. The van der Waals surface area contributed by atoms with Crippen molar-refractivity contribution in [1.82, 2.24) is 19.5 Å². The summed E-state index contributed by atoms with van der Waals surface area (Å²) in [5.41, 5.74) is 5.38. The normalized spacial score (nSPS) is 22.4. The van der Waals surface area contributed by atoms with Gasteiger partial charge >= 0.3 is 5.97 Å². The fourth-order valence-corrected chi connectivity index (χ4v) is 4.09. The summed E-state index contributed by atoms with van der Waals surface area (Å²) in [5.74, 6) is -1.63. The lowest BCUT2D eigenvalue weighted by molar-refractivity contribution is -0.0790. The number of aromatic nitrogens is 4. The second-order valence-corrected chi connectivity index (χ2v) is 8.17. The summed E-state index contributed by atoms with van der Waals surface area (Å²) in [6, 6.07) is 16.1. The Morgan fingerprint density at radius 1 is 1.03 bits per heavy atom. The lowest BCUT2D eigenvalue weighted by Crippen LogP contribution is -2.45. The highest BCUT2D eigenvalue weighted by Gasteiger charge is 2.51. The molecular weight excluding hydrogens is 470 g/mol. The maximum absolute atomic E-state index is 13.4. The molecule has 2 aromatic heterocycles. The number of carbonyl (C=O) groups excluding carboxylic acids is 2. The van der Waals surface area contributed by atoms with E-state index in [1.165, 1.54) is 35.2 Å². The number of benzene rings is 2. The summed E-state index contributed by atoms with van der Waals surface area (Å²) in [6.07, 6.45) is -6.41. The number of Topliss-reactive ketones (excluding diaryl/α,β-unsaturated/α-hetero) is 1. The van der Waals surface area contributed by atoms with E-state index in [-0.39, 0.29) is 28.2 Å². The van der Waals surface area contributed by atoms with Gasteiger partial charge in [-0.05, 0) is 12.1 Å². The van der Waals surface area contributed by atoms with Crippen LogP contribution in [-0.2, 0) is 9.47 Å². The van der Waals surface area contributed by atoms with Crippen LogP contribution in [0.15, 0.2) is 71.8 Å². The number of nitrogens with two attached hydrogens (primary N) is 1. The molecule has 12 nitrogen and oxygen atoms in total. The number of aromatic amines is 1. The first-order chi connectivity index (χ1) is 17.3. The number of nitrogens with one attached hydrogen (secondary N) is 1. The Labute approximate surface area is 202 Å². The van der Waals surface area contributed by atoms with Gasteiger partial charge in [0.1, 0.15) is 18.3 Å². The number of H-pyrrole nitrogens is 1. The molecule has 0 spiro atoms. The fourth-order valence-electron chi connectivity index (χ4n) is 4.09. The van der Waals surface area contributed by atoms with Crippen LogP contribution in [0.5, 0.6) is 0 Å². The summed E-state index contributed by atoms with van der Waals surface area (Å²) in [4.78, 5) is 48.7. The van der Waals surface area contributed by atoms with Crippen LogP contribution in [0.25, 0.3) is 11.2 Å². The zero-order valence-electron chi connectivity index (χ0n) is 18.6. The Balaban J connectivity index is 1.51. The van der Waals surface area contributed by atoms with Crippen LogP contribution in [0.1, 0.15) is 26.9 Å². The number of aliphatic hydroxyl groups excluding tert-OH is 2. The van der Waals surface area contributed by atoms with Crippen LogP contribution in [0.4, 0.5) is 5.95 Å². The molecular formula is C24H21N5O7. The van der Waals surface area contributed by atoms with Gasteiger partial charge in [-0.2, -0.15) is 4.98 Å². The highest BCUT2D eigenvalue weighted by atomic mass is 16.6. The van der Waals surface area contributed by atoms with Crippen molar-refractivity contribution < 1.29 is 29.3 Å². The third-order valence-corrected chi connectivity index (χ3v) is 5.86. The summed E-state index contributed by atoms with van der Waals surface area (Å²) in [5, 5.41) is 21.7. The van der Waals surface area contributed by atoms with Crippen LogP contribution in [-0.4, -0.2) is 65.9 Å². The zero-order valence-corrected chi connectivity index (χ0v) is 18.6. The van der Waals surface area contributed by atoms with Crippen molar-refractivity contribution in [2.45, 2.75) is 30.6 Å². The number of imidazole rings is 1. The third kappa shape index (κ3) is 4.13. The molecule has 12 heteroatoms. The van der Waals surface area contributed by atoms with Gasteiger partial charge in [-0.15, -0.1) is 0 Å². The van der Waals surface area contributed by atoms with Crippen molar-refractivity contribution in [3.8, 4) is 0 Å². The molecule has 0 radical (unpaired) electrons. The van der Waals surface area contributed by atoms with Crippen molar-refractivity contribution in [3.63, 3.8) is 0 Å². The predicted octanol–water partition coefficient (Wildman–Crippen LogP) is 0.429. The lowest BCUT2D eigenvalue weighted by atomic mass is 9.97.